The van der Waals surface area contributed by atoms with Crippen molar-refractivity contribution in [3.63, 3.8) is 0 Å². The maximum Gasteiger partial charge on any atom is 0.185 e. The molecule has 0 saturated carbocycles. The third kappa shape index (κ3) is 3.68. The lowest BCUT2D eigenvalue weighted by molar-refractivity contribution is 0.104. The number of rotatable bonds is 5. The maximum atomic E-state index is 12.5. The van der Waals surface area contributed by atoms with Crippen LogP contribution in [0.5, 0.6) is 0 Å². The molecule has 2 aromatic carbocycles. The van der Waals surface area contributed by atoms with Crippen molar-refractivity contribution in [3.05, 3.63) is 101 Å². The average molecular weight is 381 g/mol. The molecule has 4 rings (SSSR count). The standard InChI is InChI=1S/C23H15N3OS/c24-15-17-8-10-18(11-9-17)21(27)13-12-19-16-26(20-5-2-1-3-6-20)25-23(19)22-7-4-14-28-22/h1-14,16H. The molecule has 5 heteroatoms. The van der Waals surface area contributed by atoms with Crippen LogP contribution in [0.1, 0.15) is 21.5 Å². The third-order valence-electron chi connectivity index (χ3n) is 4.23. The van der Waals surface area contributed by atoms with Gasteiger partial charge in [-0.15, -0.1) is 11.3 Å². The van der Waals surface area contributed by atoms with E-state index in [1.165, 1.54) is 0 Å². The van der Waals surface area contributed by atoms with Gasteiger partial charge in [-0.25, -0.2) is 4.68 Å². The predicted octanol–water partition coefficient (Wildman–Crippen LogP) is 5.37. The van der Waals surface area contributed by atoms with Crippen LogP contribution in [0.2, 0.25) is 0 Å². The lowest BCUT2D eigenvalue weighted by atomic mass is 10.1. The molecule has 0 fully saturated rings. The van der Waals surface area contributed by atoms with E-state index in [1.807, 2.05) is 58.7 Å². The number of nitrogens with zero attached hydrogens (tertiary/aromatic N) is 3. The number of carbonyl (C=O) groups excluding carboxylic acids is 1. The molecule has 0 aliphatic heterocycles. The molecule has 0 radical (unpaired) electrons. The second kappa shape index (κ2) is 7.87. The molecular formula is C23H15N3OS. The summed E-state index contributed by atoms with van der Waals surface area (Å²) in [5.41, 5.74) is 3.74. The molecule has 28 heavy (non-hydrogen) atoms. The molecule has 0 bridgehead atoms. The van der Waals surface area contributed by atoms with Gasteiger partial charge in [0.05, 0.1) is 22.2 Å². The SMILES string of the molecule is N#Cc1ccc(C(=O)C=Cc2cn(-c3ccccc3)nc2-c2cccs2)cc1. The van der Waals surface area contributed by atoms with Gasteiger partial charge in [0.25, 0.3) is 0 Å². The van der Waals surface area contributed by atoms with Crippen LogP contribution in [0.3, 0.4) is 0 Å². The first-order valence-electron chi connectivity index (χ1n) is 8.66. The van der Waals surface area contributed by atoms with Crippen LogP contribution in [-0.2, 0) is 0 Å². The first kappa shape index (κ1) is 17.7. The molecule has 0 atom stereocenters. The highest BCUT2D eigenvalue weighted by atomic mass is 32.1. The number of nitriles is 1. The first-order chi connectivity index (χ1) is 13.7. The summed E-state index contributed by atoms with van der Waals surface area (Å²) in [6.45, 7) is 0. The van der Waals surface area contributed by atoms with Crippen molar-refractivity contribution in [1.82, 2.24) is 9.78 Å². The molecule has 134 valence electrons. The number of allylic oxidation sites excluding steroid dienone is 1. The highest BCUT2D eigenvalue weighted by Crippen LogP contribution is 2.28. The van der Waals surface area contributed by atoms with Gasteiger partial charge in [0.1, 0.15) is 5.69 Å². The topological polar surface area (TPSA) is 58.7 Å². The van der Waals surface area contributed by atoms with Crippen molar-refractivity contribution in [3.8, 4) is 22.3 Å². The number of benzene rings is 2. The van der Waals surface area contributed by atoms with Crippen LogP contribution < -0.4 is 0 Å². The Kier molecular flexibility index (Phi) is 4.96. The fourth-order valence-electron chi connectivity index (χ4n) is 2.80. The third-order valence-corrected chi connectivity index (χ3v) is 5.11. The zero-order valence-electron chi connectivity index (χ0n) is 14.8. The molecule has 2 heterocycles. The molecule has 0 amide bonds. The Bertz CT molecular complexity index is 1170. The summed E-state index contributed by atoms with van der Waals surface area (Å²) >= 11 is 1.61. The second-order valence-electron chi connectivity index (χ2n) is 6.08. The number of para-hydroxylation sites is 1. The van der Waals surface area contributed by atoms with Crippen molar-refractivity contribution in [2.75, 3.05) is 0 Å². The van der Waals surface area contributed by atoms with E-state index < -0.39 is 0 Å². The Hall–Kier alpha value is -3.75. The Morgan fingerprint density at radius 3 is 2.50 bits per heavy atom. The zero-order chi connectivity index (χ0) is 19.3. The highest BCUT2D eigenvalue weighted by Gasteiger charge is 2.12. The van der Waals surface area contributed by atoms with Gasteiger partial charge in [0, 0.05) is 17.3 Å². The number of aromatic nitrogens is 2. The van der Waals surface area contributed by atoms with Gasteiger partial charge in [-0.05, 0) is 60.0 Å². The van der Waals surface area contributed by atoms with Crippen LogP contribution in [0, 0.1) is 11.3 Å². The Morgan fingerprint density at radius 1 is 1.04 bits per heavy atom. The monoisotopic (exact) mass is 381 g/mol. The number of carbonyl (C=O) groups is 1. The Morgan fingerprint density at radius 2 is 1.82 bits per heavy atom. The van der Waals surface area contributed by atoms with E-state index in [4.69, 9.17) is 10.4 Å². The Balaban J connectivity index is 1.68. The van der Waals surface area contributed by atoms with Crippen molar-refractivity contribution >= 4 is 23.2 Å². The number of hydrogen-bond donors (Lipinski definition) is 0. The normalized spacial score (nSPS) is 10.8. The summed E-state index contributed by atoms with van der Waals surface area (Å²) in [5, 5.41) is 15.6. The van der Waals surface area contributed by atoms with Gasteiger partial charge in [0.2, 0.25) is 0 Å². The molecule has 4 aromatic rings. The van der Waals surface area contributed by atoms with Crippen LogP contribution in [0.25, 0.3) is 22.3 Å². The fourth-order valence-corrected chi connectivity index (χ4v) is 3.53. The van der Waals surface area contributed by atoms with Gasteiger partial charge < -0.3 is 0 Å². The van der Waals surface area contributed by atoms with Gasteiger partial charge in [-0.3, -0.25) is 4.79 Å². The lowest BCUT2D eigenvalue weighted by Crippen LogP contribution is -1.93. The van der Waals surface area contributed by atoms with Crippen molar-refractivity contribution in [1.29, 1.82) is 5.26 Å². The second-order valence-corrected chi connectivity index (χ2v) is 7.02. The van der Waals surface area contributed by atoms with E-state index in [9.17, 15) is 4.79 Å². The van der Waals surface area contributed by atoms with E-state index in [0.29, 0.717) is 11.1 Å². The van der Waals surface area contributed by atoms with Gasteiger partial charge >= 0.3 is 0 Å². The van der Waals surface area contributed by atoms with Crippen LogP contribution in [0.15, 0.2) is 84.4 Å². The largest absolute Gasteiger partial charge is 0.289 e. The summed E-state index contributed by atoms with van der Waals surface area (Å²) in [6.07, 6.45) is 5.26. The average Bonchev–Trinajstić information content (AvgIpc) is 3.42. The van der Waals surface area contributed by atoms with Crippen LogP contribution in [-0.4, -0.2) is 15.6 Å². The molecular weight excluding hydrogens is 366 g/mol. The van der Waals surface area contributed by atoms with E-state index >= 15 is 0 Å². The smallest absolute Gasteiger partial charge is 0.185 e. The number of hydrogen-bond acceptors (Lipinski definition) is 4. The number of ketones is 1. The van der Waals surface area contributed by atoms with E-state index in [1.54, 1.807) is 47.8 Å². The Labute approximate surface area is 166 Å². The minimum atomic E-state index is -0.117. The molecule has 0 aliphatic rings. The van der Waals surface area contributed by atoms with Crippen molar-refractivity contribution < 1.29 is 4.79 Å². The summed E-state index contributed by atoms with van der Waals surface area (Å²) in [7, 11) is 0. The predicted molar refractivity (Wildman–Crippen MR) is 111 cm³/mol. The van der Waals surface area contributed by atoms with Gasteiger partial charge in [-0.1, -0.05) is 24.3 Å². The van der Waals surface area contributed by atoms with Gasteiger partial charge in [-0.2, -0.15) is 10.4 Å². The molecule has 0 saturated heterocycles. The van der Waals surface area contributed by atoms with E-state index in [-0.39, 0.29) is 5.78 Å². The fraction of sp³-hybridized carbons (Fsp3) is 0. The van der Waals surface area contributed by atoms with Gasteiger partial charge in [0.15, 0.2) is 5.78 Å². The summed E-state index contributed by atoms with van der Waals surface area (Å²) in [6, 6.07) is 22.5. The summed E-state index contributed by atoms with van der Waals surface area (Å²) in [5.74, 6) is -0.117. The van der Waals surface area contributed by atoms with E-state index in [2.05, 4.69) is 6.07 Å². The molecule has 0 spiro atoms. The molecule has 0 aliphatic carbocycles. The lowest BCUT2D eigenvalue weighted by Gasteiger charge is -1.99. The summed E-state index contributed by atoms with van der Waals surface area (Å²) in [4.78, 5) is 13.5. The zero-order valence-corrected chi connectivity index (χ0v) is 15.6. The first-order valence-corrected chi connectivity index (χ1v) is 9.54. The van der Waals surface area contributed by atoms with Crippen molar-refractivity contribution in [2.45, 2.75) is 0 Å². The summed E-state index contributed by atoms with van der Waals surface area (Å²) < 4.78 is 1.82. The number of thiophene rings is 1. The molecule has 4 nitrogen and oxygen atoms in total. The molecule has 0 unspecified atom stereocenters. The van der Waals surface area contributed by atoms with E-state index in [0.717, 1.165) is 21.8 Å². The van der Waals surface area contributed by atoms with Crippen molar-refractivity contribution in [2.24, 2.45) is 0 Å². The minimum absolute atomic E-state index is 0.117. The molecule has 0 N–H and O–H groups in total. The minimum Gasteiger partial charge on any atom is -0.289 e. The maximum absolute atomic E-state index is 12.5. The molecule has 2 aromatic heterocycles. The van der Waals surface area contributed by atoms with Crippen LogP contribution >= 0.6 is 11.3 Å². The highest BCUT2D eigenvalue weighted by molar-refractivity contribution is 7.13. The van der Waals surface area contributed by atoms with Crippen LogP contribution in [0.4, 0.5) is 0 Å². The quantitative estimate of drug-likeness (QED) is 0.345.